The molecule has 0 radical (unpaired) electrons. The van der Waals surface area contributed by atoms with Crippen LogP contribution in [0.15, 0.2) is 29.8 Å². The zero-order valence-corrected chi connectivity index (χ0v) is 27.8. The number of aryl methyl sites for hydroxylation is 1. The van der Waals surface area contributed by atoms with Crippen molar-refractivity contribution in [2.24, 2.45) is 5.41 Å². The van der Waals surface area contributed by atoms with Gasteiger partial charge in [-0.2, -0.15) is 0 Å². The molecule has 11 nitrogen and oxygen atoms in total. The van der Waals surface area contributed by atoms with Crippen molar-refractivity contribution in [3.63, 3.8) is 0 Å². The van der Waals surface area contributed by atoms with Gasteiger partial charge in [0.05, 0.1) is 28.2 Å². The summed E-state index contributed by atoms with van der Waals surface area (Å²) >= 11 is 1.57. The van der Waals surface area contributed by atoms with Gasteiger partial charge < -0.3 is 30.7 Å². The topological polar surface area (TPSA) is 150 Å². The molecule has 3 rings (SSSR count). The standard InChI is InChI=1S/C32H47N5O6S/c1-19(21-11-13-22(14-12-21)26-20(2)34-18-44-26)35-28(40)24-16-23(38)17-37(24)29(41)27(31(3,4)5)36-25(39)10-9-15-33-30(42)43-32(6,7)8/h11-14,18-19,23-24,27,38H,9-10,15-17H2,1-8H3,(H,33,42)(H,35,40)(H,36,39)/t19-,23+,24-,27+/m0/s1. The highest BCUT2D eigenvalue weighted by Crippen LogP contribution is 2.29. The van der Waals surface area contributed by atoms with Crippen LogP contribution in [0.2, 0.25) is 0 Å². The molecule has 1 fully saturated rings. The maximum absolute atomic E-state index is 13.8. The lowest BCUT2D eigenvalue weighted by Crippen LogP contribution is -2.57. The number of amides is 4. The number of hydrogen-bond donors (Lipinski definition) is 4. The van der Waals surface area contributed by atoms with E-state index in [1.165, 1.54) is 4.90 Å². The Bertz CT molecular complexity index is 1310. The number of nitrogens with zero attached hydrogens (tertiary/aromatic N) is 2. The van der Waals surface area contributed by atoms with Gasteiger partial charge in [0.15, 0.2) is 0 Å². The molecule has 0 bridgehead atoms. The Morgan fingerprint density at radius 3 is 2.32 bits per heavy atom. The molecule has 2 aromatic rings. The normalized spacial score (nSPS) is 18.3. The van der Waals surface area contributed by atoms with E-state index in [9.17, 15) is 24.3 Å². The third-order valence-electron chi connectivity index (χ3n) is 7.31. The monoisotopic (exact) mass is 629 g/mol. The van der Waals surface area contributed by atoms with Gasteiger partial charge >= 0.3 is 6.09 Å². The molecule has 4 amide bonds. The highest BCUT2D eigenvalue weighted by molar-refractivity contribution is 7.13. The number of aliphatic hydroxyl groups excluding tert-OH is 1. The molecule has 0 spiro atoms. The van der Waals surface area contributed by atoms with Crippen LogP contribution in [0.25, 0.3) is 10.4 Å². The van der Waals surface area contributed by atoms with Crippen molar-refractivity contribution >= 4 is 35.2 Å². The molecule has 1 saturated heterocycles. The first-order valence-corrected chi connectivity index (χ1v) is 15.9. The van der Waals surface area contributed by atoms with Crippen LogP contribution in [0, 0.1) is 12.3 Å². The van der Waals surface area contributed by atoms with Crippen molar-refractivity contribution in [3.05, 3.63) is 41.0 Å². The molecular weight excluding hydrogens is 582 g/mol. The van der Waals surface area contributed by atoms with Crippen LogP contribution in [0.5, 0.6) is 0 Å². The van der Waals surface area contributed by atoms with Crippen LogP contribution in [0.1, 0.15) is 85.0 Å². The van der Waals surface area contributed by atoms with Crippen LogP contribution in [-0.2, 0) is 19.1 Å². The number of hydrogen-bond acceptors (Lipinski definition) is 8. The Labute approximate surface area is 264 Å². The molecule has 44 heavy (non-hydrogen) atoms. The molecule has 0 unspecified atom stereocenters. The number of likely N-dealkylation sites (tertiary alicyclic amines) is 1. The first kappa shape index (κ1) is 35.0. The number of alkyl carbamates (subject to hydrolysis) is 1. The molecule has 0 saturated carbocycles. The minimum absolute atomic E-state index is 0.00351. The summed E-state index contributed by atoms with van der Waals surface area (Å²) in [7, 11) is 0. The van der Waals surface area contributed by atoms with E-state index in [4.69, 9.17) is 4.74 Å². The van der Waals surface area contributed by atoms with Crippen LogP contribution < -0.4 is 16.0 Å². The second-order valence-electron chi connectivity index (χ2n) is 13.4. The van der Waals surface area contributed by atoms with Crippen LogP contribution in [0.4, 0.5) is 4.79 Å². The lowest BCUT2D eigenvalue weighted by molar-refractivity contribution is -0.144. The quantitative estimate of drug-likeness (QED) is 0.289. The molecule has 4 atom stereocenters. The largest absolute Gasteiger partial charge is 0.444 e. The van der Waals surface area contributed by atoms with Gasteiger partial charge in [0, 0.05) is 25.9 Å². The highest BCUT2D eigenvalue weighted by atomic mass is 32.1. The summed E-state index contributed by atoms with van der Waals surface area (Å²) in [5, 5.41) is 18.9. The van der Waals surface area contributed by atoms with Crippen LogP contribution in [0.3, 0.4) is 0 Å². The number of benzene rings is 1. The third kappa shape index (κ3) is 9.75. The second kappa shape index (κ2) is 14.5. The molecule has 1 aliphatic rings. The minimum Gasteiger partial charge on any atom is -0.444 e. The summed E-state index contributed by atoms with van der Waals surface area (Å²) in [6.07, 6.45) is -0.875. The predicted octanol–water partition coefficient (Wildman–Crippen LogP) is 4.09. The number of rotatable bonds is 10. The summed E-state index contributed by atoms with van der Waals surface area (Å²) in [5.41, 5.74) is 3.45. The van der Waals surface area contributed by atoms with Gasteiger partial charge in [-0.3, -0.25) is 14.4 Å². The van der Waals surface area contributed by atoms with Gasteiger partial charge in [0.25, 0.3) is 0 Å². The number of nitrogens with one attached hydrogen (secondary N) is 3. The van der Waals surface area contributed by atoms with E-state index in [1.807, 2.05) is 64.4 Å². The van der Waals surface area contributed by atoms with Crippen molar-refractivity contribution in [2.75, 3.05) is 13.1 Å². The van der Waals surface area contributed by atoms with Gasteiger partial charge in [0.2, 0.25) is 17.7 Å². The Morgan fingerprint density at radius 1 is 1.09 bits per heavy atom. The van der Waals surface area contributed by atoms with E-state index < -0.39 is 41.2 Å². The average molecular weight is 630 g/mol. The van der Waals surface area contributed by atoms with E-state index >= 15 is 0 Å². The van der Waals surface area contributed by atoms with Gasteiger partial charge in [-0.05, 0) is 57.6 Å². The summed E-state index contributed by atoms with van der Waals surface area (Å²) in [6.45, 7) is 14.9. The fourth-order valence-electron chi connectivity index (χ4n) is 5.00. The van der Waals surface area contributed by atoms with Gasteiger partial charge in [-0.25, -0.2) is 9.78 Å². The number of ether oxygens (including phenoxy) is 1. The van der Waals surface area contributed by atoms with Crippen molar-refractivity contribution in [1.82, 2.24) is 25.8 Å². The number of β-amino-alcohol motifs (C(OH)–C–C–N with tert-alkyl or cyclic N) is 1. The highest BCUT2D eigenvalue weighted by Gasteiger charge is 2.44. The summed E-state index contributed by atoms with van der Waals surface area (Å²) < 4.78 is 5.20. The fraction of sp³-hybridized carbons (Fsp3) is 0.594. The number of thiazole rings is 1. The van der Waals surface area contributed by atoms with Crippen molar-refractivity contribution in [3.8, 4) is 10.4 Å². The summed E-state index contributed by atoms with van der Waals surface area (Å²) in [4.78, 5) is 58.7. The molecule has 2 heterocycles. The Hall–Kier alpha value is -3.51. The smallest absolute Gasteiger partial charge is 0.407 e. The molecule has 12 heteroatoms. The molecule has 4 N–H and O–H groups in total. The maximum Gasteiger partial charge on any atom is 0.407 e. The fourth-order valence-corrected chi connectivity index (χ4v) is 5.81. The van der Waals surface area contributed by atoms with Gasteiger partial charge in [0.1, 0.15) is 17.7 Å². The Kier molecular flexibility index (Phi) is 11.5. The Morgan fingerprint density at radius 2 is 1.75 bits per heavy atom. The van der Waals surface area contributed by atoms with Crippen LogP contribution >= 0.6 is 11.3 Å². The zero-order valence-electron chi connectivity index (χ0n) is 27.0. The van der Waals surface area contributed by atoms with Crippen LogP contribution in [-0.4, -0.2) is 75.7 Å². The molecule has 1 aromatic carbocycles. The lowest BCUT2D eigenvalue weighted by atomic mass is 9.85. The maximum atomic E-state index is 13.8. The first-order chi connectivity index (χ1) is 20.5. The average Bonchev–Trinajstić information content (AvgIpc) is 3.53. The summed E-state index contributed by atoms with van der Waals surface area (Å²) in [6, 6.07) is 5.78. The van der Waals surface area contributed by atoms with Gasteiger partial charge in [-0.1, -0.05) is 45.0 Å². The zero-order chi connectivity index (χ0) is 32.8. The Balaban J connectivity index is 1.61. The van der Waals surface area contributed by atoms with E-state index in [1.54, 1.807) is 32.1 Å². The predicted molar refractivity (Wildman–Crippen MR) is 170 cm³/mol. The van der Waals surface area contributed by atoms with E-state index in [0.29, 0.717) is 6.42 Å². The molecule has 1 aliphatic heterocycles. The molecule has 1 aromatic heterocycles. The second-order valence-corrected chi connectivity index (χ2v) is 14.3. The van der Waals surface area contributed by atoms with E-state index in [0.717, 1.165) is 21.7 Å². The molecular formula is C32H47N5O6S. The molecule has 0 aliphatic carbocycles. The number of carbonyl (C=O) groups excluding carboxylic acids is 4. The number of aromatic nitrogens is 1. The van der Waals surface area contributed by atoms with Gasteiger partial charge in [-0.15, -0.1) is 11.3 Å². The van der Waals surface area contributed by atoms with Crippen molar-refractivity contribution in [1.29, 1.82) is 0 Å². The number of aliphatic hydroxyl groups is 1. The van der Waals surface area contributed by atoms with Crippen molar-refractivity contribution < 1.29 is 29.0 Å². The van der Waals surface area contributed by atoms with Crippen molar-refractivity contribution in [2.45, 2.75) is 104 Å². The summed E-state index contributed by atoms with van der Waals surface area (Å²) in [5.74, 6) is -1.14. The van der Waals surface area contributed by atoms with E-state index in [-0.39, 0.29) is 43.8 Å². The SMILES string of the molecule is Cc1ncsc1-c1ccc([C@H](C)NC(=O)[C@@H]2C[C@@H](O)CN2C(=O)[C@@H](NC(=O)CCCNC(=O)OC(C)(C)C)C(C)(C)C)cc1. The minimum atomic E-state index is -0.922. The number of carbonyl (C=O) groups is 4. The third-order valence-corrected chi connectivity index (χ3v) is 8.29. The molecule has 242 valence electrons. The first-order valence-electron chi connectivity index (χ1n) is 15.0. The van der Waals surface area contributed by atoms with E-state index in [2.05, 4.69) is 20.9 Å². The lowest BCUT2D eigenvalue weighted by Gasteiger charge is -2.35.